The van der Waals surface area contributed by atoms with Crippen molar-refractivity contribution in [1.29, 1.82) is 0 Å². The summed E-state index contributed by atoms with van der Waals surface area (Å²) in [7, 11) is 0. The van der Waals surface area contributed by atoms with Gasteiger partial charge in [-0.05, 0) is 61.2 Å². The Kier molecular flexibility index (Phi) is 7.79. The number of halogens is 2. The van der Waals surface area contributed by atoms with Gasteiger partial charge in [0.2, 0.25) is 0 Å². The second-order valence-corrected chi connectivity index (χ2v) is 7.85. The van der Waals surface area contributed by atoms with E-state index in [0.717, 1.165) is 29.7 Å². The molecule has 0 amide bonds. The molecule has 0 aliphatic rings. The fourth-order valence-electron chi connectivity index (χ4n) is 3.03. The molecular formula is C24H25Cl2NO. The zero-order valence-electron chi connectivity index (χ0n) is 16.0. The molecule has 146 valence electrons. The molecule has 0 saturated heterocycles. The van der Waals surface area contributed by atoms with Crippen molar-refractivity contribution in [3.05, 3.63) is 99.5 Å². The third-order valence-corrected chi connectivity index (χ3v) is 5.13. The van der Waals surface area contributed by atoms with Gasteiger partial charge in [0, 0.05) is 28.2 Å². The third-order valence-electron chi connectivity index (χ3n) is 4.66. The van der Waals surface area contributed by atoms with E-state index in [2.05, 4.69) is 42.6 Å². The summed E-state index contributed by atoms with van der Waals surface area (Å²) in [6, 6.07) is 24.4. The number of benzene rings is 3. The number of hydrogen-bond donors (Lipinski definition) is 1. The Hall–Kier alpha value is -2.00. The van der Waals surface area contributed by atoms with Gasteiger partial charge in [-0.2, -0.15) is 0 Å². The van der Waals surface area contributed by atoms with E-state index in [4.69, 9.17) is 27.9 Å². The monoisotopic (exact) mass is 413 g/mol. The topological polar surface area (TPSA) is 21.3 Å². The Balaban J connectivity index is 1.56. The predicted octanol–water partition coefficient (Wildman–Crippen LogP) is 6.68. The van der Waals surface area contributed by atoms with Crippen LogP contribution in [0.15, 0.2) is 72.8 Å². The summed E-state index contributed by atoms with van der Waals surface area (Å²) < 4.78 is 6.04. The average molecular weight is 414 g/mol. The minimum atomic E-state index is 0.389. The highest BCUT2D eigenvalue weighted by molar-refractivity contribution is 6.30. The summed E-state index contributed by atoms with van der Waals surface area (Å²) >= 11 is 12.3. The van der Waals surface area contributed by atoms with Crippen molar-refractivity contribution >= 4 is 23.2 Å². The summed E-state index contributed by atoms with van der Waals surface area (Å²) in [6.07, 6.45) is 2.13. The lowest BCUT2D eigenvalue weighted by Gasteiger charge is -2.17. The molecule has 0 aliphatic carbocycles. The molecule has 1 N–H and O–H groups in total. The highest BCUT2D eigenvalue weighted by atomic mass is 35.5. The highest BCUT2D eigenvalue weighted by Crippen LogP contribution is 2.24. The van der Waals surface area contributed by atoms with E-state index in [-0.39, 0.29) is 0 Å². The predicted molar refractivity (Wildman–Crippen MR) is 118 cm³/mol. The van der Waals surface area contributed by atoms with Crippen LogP contribution in [0.25, 0.3) is 0 Å². The molecule has 4 heteroatoms. The lowest BCUT2D eigenvalue weighted by molar-refractivity contribution is 0.301. The van der Waals surface area contributed by atoms with Gasteiger partial charge < -0.3 is 10.1 Å². The number of ether oxygens (including phenoxy) is 1. The Morgan fingerprint density at radius 2 is 1.61 bits per heavy atom. The quantitative estimate of drug-likeness (QED) is 0.422. The van der Waals surface area contributed by atoms with E-state index < -0.39 is 0 Å². The lowest BCUT2D eigenvalue weighted by Crippen LogP contribution is -2.26. The molecule has 0 radical (unpaired) electrons. The van der Waals surface area contributed by atoms with Crippen molar-refractivity contribution < 1.29 is 4.74 Å². The number of rotatable bonds is 9. The van der Waals surface area contributed by atoms with Gasteiger partial charge >= 0.3 is 0 Å². The van der Waals surface area contributed by atoms with Crippen LogP contribution in [0.2, 0.25) is 10.0 Å². The largest absolute Gasteiger partial charge is 0.489 e. The van der Waals surface area contributed by atoms with E-state index in [1.54, 1.807) is 0 Å². The molecule has 3 aromatic carbocycles. The van der Waals surface area contributed by atoms with Gasteiger partial charge in [-0.1, -0.05) is 65.7 Å². The van der Waals surface area contributed by atoms with Gasteiger partial charge in [-0.25, -0.2) is 0 Å². The van der Waals surface area contributed by atoms with E-state index in [1.165, 1.54) is 5.56 Å². The molecule has 0 spiro atoms. The van der Waals surface area contributed by atoms with Gasteiger partial charge in [0.15, 0.2) is 0 Å². The molecule has 0 heterocycles. The highest BCUT2D eigenvalue weighted by Gasteiger charge is 2.08. The average Bonchev–Trinajstić information content (AvgIpc) is 2.71. The summed E-state index contributed by atoms with van der Waals surface area (Å²) in [5, 5.41) is 5.01. The van der Waals surface area contributed by atoms with Gasteiger partial charge in [0.25, 0.3) is 0 Å². The van der Waals surface area contributed by atoms with E-state index in [1.807, 2.05) is 42.5 Å². The molecule has 0 saturated carbocycles. The van der Waals surface area contributed by atoms with Crippen LogP contribution in [0, 0.1) is 0 Å². The van der Waals surface area contributed by atoms with Gasteiger partial charge in [0.05, 0.1) is 0 Å². The van der Waals surface area contributed by atoms with Crippen molar-refractivity contribution in [2.75, 3.05) is 0 Å². The molecule has 0 bridgehead atoms. The van der Waals surface area contributed by atoms with Gasteiger partial charge in [0.1, 0.15) is 12.4 Å². The molecule has 2 nitrogen and oxygen atoms in total. The normalized spacial score (nSPS) is 12.0. The van der Waals surface area contributed by atoms with Gasteiger partial charge in [-0.3, -0.25) is 0 Å². The maximum atomic E-state index is 6.21. The third kappa shape index (κ3) is 6.56. The van der Waals surface area contributed by atoms with Crippen LogP contribution in [-0.4, -0.2) is 6.04 Å². The molecule has 28 heavy (non-hydrogen) atoms. The van der Waals surface area contributed by atoms with Crippen LogP contribution in [0.4, 0.5) is 0 Å². The van der Waals surface area contributed by atoms with E-state index in [0.29, 0.717) is 29.2 Å². The molecule has 0 fully saturated rings. The lowest BCUT2D eigenvalue weighted by atomic mass is 10.1. The van der Waals surface area contributed by atoms with Crippen molar-refractivity contribution in [3.8, 4) is 5.75 Å². The molecule has 1 unspecified atom stereocenters. The Morgan fingerprint density at radius 3 is 2.39 bits per heavy atom. The maximum absolute atomic E-state index is 6.21. The molecule has 3 aromatic rings. The standard InChI is InChI=1S/C24H25Cl2NO/c1-18(10-11-19-6-3-2-4-7-19)27-16-21-15-23(26)12-13-24(21)28-17-20-8-5-9-22(25)14-20/h2-9,12-15,18,27H,10-11,16-17H2,1H3. The van der Waals surface area contributed by atoms with Crippen LogP contribution in [0.3, 0.4) is 0 Å². The molecule has 3 rings (SSSR count). The zero-order chi connectivity index (χ0) is 19.8. The van der Waals surface area contributed by atoms with Crippen LogP contribution >= 0.6 is 23.2 Å². The van der Waals surface area contributed by atoms with E-state index >= 15 is 0 Å². The summed E-state index contributed by atoms with van der Waals surface area (Å²) in [5.41, 5.74) is 3.46. The maximum Gasteiger partial charge on any atom is 0.124 e. The molecule has 0 aliphatic heterocycles. The number of nitrogens with one attached hydrogen (secondary N) is 1. The van der Waals surface area contributed by atoms with Crippen LogP contribution in [0.1, 0.15) is 30.0 Å². The van der Waals surface area contributed by atoms with Crippen LogP contribution in [0.5, 0.6) is 5.75 Å². The first-order valence-electron chi connectivity index (χ1n) is 9.53. The molecule has 1 atom stereocenters. The zero-order valence-corrected chi connectivity index (χ0v) is 17.5. The van der Waals surface area contributed by atoms with E-state index in [9.17, 15) is 0 Å². The van der Waals surface area contributed by atoms with Crippen molar-refractivity contribution in [1.82, 2.24) is 5.32 Å². The Labute approximate surface area is 177 Å². The Morgan fingerprint density at radius 1 is 0.857 bits per heavy atom. The minimum Gasteiger partial charge on any atom is -0.489 e. The fourth-order valence-corrected chi connectivity index (χ4v) is 3.44. The first-order valence-corrected chi connectivity index (χ1v) is 10.3. The first-order chi connectivity index (χ1) is 13.6. The van der Waals surface area contributed by atoms with Crippen molar-refractivity contribution in [2.45, 2.75) is 39.0 Å². The molecular weight excluding hydrogens is 389 g/mol. The molecule has 0 aromatic heterocycles. The minimum absolute atomic E-state index is 0.389. The summed E-state index contributed by atoms with van der Waals surface area (Å²) in [5.74, 6) is 0.840. The summed E-state index contributed by atoms with van der Waals surface area (Å²) in [4.78, 5) is 0. The van der Waals surface area contributed by atoms with Crippen LogP contribution in [-0.2, 0) is 19.6 Å². The van der Waals surface area contributed by atoms with Crippen LogP contribution < -0.4 is 10.1 Å². The van der Waals surface area contributed by atoms with Crippen molar-refractivity contribution in [3.63, 3.8) is 0 Å². The first kappa shape index (κ1) is 20.7. The Bertz CT molecular complexity index is 883. The fraction of sp³-hybridized carbons (Fsp3) is 0.250. The van der Waals surface area contributed by atoms with Crippen molar-refractivity contribution in [2.24, 2.45) is 0 Å². The number of aryl methyl sites for hydroxylation is 1. The smallest absolute Gasteiger partial charge is 0.124 e. The summed E-state index contributed by atoms with van der Waals surface area (Å²) in [6.45, 7) is 3.39. The second-order valence-electron chi connectivity index (χ2n) is 6.98. The van der Waals surface area contributed by atoms with Gasteiger partial charge in [-0.15, -0.1) is 0 Å². The SMILES string of the molecule is CC(CCc1ccccc1)NCc1cc(Cl)ccc1OCc1cccc(Cl)c1. The number of hydrogen-bond acceptors (Lipinski definition) is 2. The second kappa shape index (κ2) is 10.5.